The Morgan fingerprint density at radius 1 is 1.44 bits per heavy atom. The average molecular weight is 290 g/mol. The van der Waals surface area contributed by atoms with E-state index in [4.69, 9.17) is 22.1 Å². The standard InChI is InChI=1S/C12H16ClNO3S/c13-10-3-1-2-4-12(10)18(15,16)8-11(14)9-5-6-17-7-9/h1-4,9,11H,5-8,14H2. The molecule has 0 aliphatic carbocycles. The van der Waals surface area contributed by atoms with Crippen molar-refractivity contribution in [3.63, 3.8) is 0 Å². The van der Waals surface area contributed by atoms with E-state index < -0.39 is 15.9 Å². The molecule has 2 rings (SSSR count). The molecular formula is C12H16ClNO3S. The highest BCUT2D eigenvalue weighted by atomic mass is 35.5. The van der Waals surface area contributed by atoms with Crippen LogP contribution in [-0.2, 0) is 14.6 Å². The first kappa shape index (κ1) is 13.8. The van der Waals surface area contributed by atoms with Crippen LogP contribution in [-0.4, -0.2) is 33.4 Å². The van der Waals surface area contributed by atoms with Crippen molar-refractivity contribution in [1.82, 2.24) is 0 Å². The summed E-state index contributed by atoms with van der Waals surface area (Å²) in [5, 5.41) is 0.243. The lowest BCUT2D eigenvalue weighted by Crippen LogP contribution is -2.37. The van der Waals surface area contributed by atoms with Gasteiger partial charge < -0.3 is 10.5 Å². The highest BCUT2D eigenvalue weighted by Gasteiger charge is 2.28. The minimum absolute atomic E-state index is 0.0925. The maximum atomic E-state index is 12.2. The largest absolute Gasteiger partial charge is 0.381 e. The Balaban J connectivity index is 2.14. The molecule has 0 amide bonds. The molecule has 2 N–H and O–H groups in total. The highest BCUT2D eigenvalue weighted by molar-refractivity contribution is 7.91. The summed E-state index contributed by atoms with van der Waals surface area (Å²) in [6.07, 6.45) is 0.819. The van der Waals surface area contributed by atoms with Gasteiger partial charge in [0.1, 0.15) is 0 Å². The Morgan fingerprint density at radius 3 is 2.78 bits per heavy atom. The SMILES string of the molecule is NC(CS(=O)(=O)c1ccccc1Cl)C1CCOC1. The van der Waals surface area contributed by atoms with Crippen LogP contribution in [0, 0.1) is 5.92 Å². The first-order chi connectivity index (χ1) is 8.50. The van der Waals surface area contributed by atoms with E-state index in [1.807, 2.05) is 0 Å². The third kappa shape index (κ3) is 3.03. The fourth-order valence-electron chi connectivity index (χ4n) is 2.07. The zero-order valence-corrected chi connectivity index (χ0v) is 11.5. The number of hydrogen-bond donors (Lipinski definition) is 1. The Bertz CT molecular complexity index is 512. The van der Waals surface area contributed by atoms with E-state index in [-0.39, 0.29) is 21.6 Å². The minimum Gasteiger partial charge on any atom is -0.381 e. The van der Waals surface area contributed by atoms with Crippen LogP contribution >= 0.6 is 11.6 Å². The van der Waals surface area contributed by atoms with Gasteiger partial charge in [-0.1, -0.05) is 23.7 Å². The fraction of sp³-hybridized carbons (Fsp3) is 0.500. The maximum Gasteiger partial charge on any atom is 0.181 e. The lowest BCUT2D eigenvalue weighted by atomic mass is 10.0. The van der Waals surface area contributed by atoms with Crippen LogP contribution in [0.25, 0.3) is 0 Å². The van der Waals surface area contributed by atoms with Crippen LogP contribution in [0.5, 0.6) is 0 Å². The summed E-state index contributed by atoms with van der Waals surface area (Å²) < 4.78 is 29.7. The average Bonchev–Trinajstić information content (AvgIpc) is 2.82. The molecule has 1 heterocycles. The van der Waals surface area contributed by atoms with Gasteiger partial charge in [-0.2, -0.15) is 0 Å². The van der Waals surface area contributed by atoms with Crippen LogP contribution in [0.3, 0.4) is 0 Å². The topological polar surface area (TPSA) is 69.4 Å². The quantitative estimate of drug-likeness (QED) is 0.911. The molecule has 1 aliphatic rings. The highest BCUT2D eigenvalue weighted by Crippen LogP contribution is 2.24. The molecule has 0 saturated carbocycles. The van der Waals surface area contributed by atoms with Crippen LogP contribution < -0.4 is 5.73 Å². The Morgan fingerprint density at radius 2 is 2.17 bits per heavy atom. The molecular weight excluding hydrogens is 274 g/mol. The van der Waals surface area contributed by atoms with E-state index in [1.54, 1.807) is 18.2 Å². The predicted molar refractivity (Wildman–Crippen MR) is 70.4 cm³/mol. The summed E-state index contributed by atoms with van der Waals surface area (Å²) in [6, 6.07) is 6.03. The van der Waals surface area contributed by atoms with E-state index in [0.717, 1.165) is 6.42 Å². The normalized spacial score (nSPS) is 22.0. The van der Waals surface area contributed by atoms with Gasteiger partial charge in [-0.25, -0.2) is 8.42 Å². The first-order valence-corrected chi connectivity index (χ1v) is 7.84. The van der Waals surface area contributed by atoms with Gasteiger partial charge in [0.2, 0.25) is 0 Å². The Kier molecular flexibility index (Phi) is 4.27. The van der Waals surface area contributed by atoms with E-state index in [2.05, 4.69) is 0 Å². The molecule has 0 radical (unpaired) electrons. The third-order valence-electron chi connectivity index (χ3n) is 3.15. The van der Waals surface area contributed by atoms with Gasteiger partial charge in [0.05, 0.1) is 22.3 Å². The molecule has 100 valence electrons. The maximum absolute atomic E-state index is 12.2. The summed E-state index contributed by atoms with van der Waals surface area (Å²) in [6.45, 7) is 1.20. The second-order valence-corrected chi connectivity index (χ2v) is 6.91. The second-order valence-electron chi connectivity index (χ2n) is 4.50. The summed E-state index contributed by atoms with van der Waals surface area (Å²) in [5.74, 6) is 0.0207. The van der Waals surface area contributed by atoms with Crippen molar-refractivity contribution in [3.05, 3.63) is 29.3 Å². The number of sulfone groups is 1. The molecule has 1 aromatic carbocycles. The molecule has 18 heavy (non-hydrogen) atoms. The van der Waals surface area contributed by atoms with Gasteiger partial charge in [-0.15, -0.1) is 0 Å². The monoisotopic (exact) mass is 289 g/mol. The molecule has 1 aliphatic heterocycles. The van der Waals surface area contributed by atoms with Crippen LogP contribution in [0.1, 0.15) is 6.42 Å². The van der Waals surface area contributed by atoms with Crippen molar-refractivity contribution in [2.75, 3.05) is 19.0 Å². The number of halogens is 1. The number of ether oxygens (including phenoxy) is 1. The van der Waals surface area contributed by atoms with Gasteiger partial charge >= 0.3 is 0 Å². The van der Waals surface area contributed by atoms with Crippen molar-refractivity contribution < 1.29 is 13.2 Å². The smallest absolute Gasteiger partial charge is 0.181 e. The molecule has 4 nitrogen and oxygen atoms in total. The third-order valence-corrected chi connectivity index (χ3v) is 5.45. The molecule has 1 saturated heterocycles. The summed E-state index contributed by atoms with van der Waals surface area (Å²) in [5.41, 5.74) is 5.95. The second kappa shape index (κ2) is 5.57. The van der Waals surface area contributed by atoms with Crippen molar-refractivity contribution in [2.24, 2.45) is 11.7 Å². The van der Waals surface area contributed by atoms with Gasteiger partial charge in [0, 0.05) is 18.6 Å². The molecule has 0 bridgehead atoms. The van der Waals surface area contributed by atoms with Crippen LogP contribution in [0.15, 0.2) is 29.2 Å². The summed E-state index contributed by atoms with van der Waals surface area (Å²) >= 11 is 5.91. The zero-order valence-electron chi connectivity index (χ0n) is 9.88. The molecule has 1 aromatic rings. The van der Waals surface area contributed by atoms with Crippen molar-refractivity contribution in [1.29, 1.82) is 0 Å². The molecule has 0 aromatic heterocycles. The Hall–Kier alpha value is -0.620. The lowest BCUT2D eigenvalue weighted by Gasteiger charge is -2.17. The van der Waals surface area contributed by atoms with Crippen LogP contribution in [0.4, 0.5) is 0 Å². The Labute approximate surface area is 112 Å². The van der Waals surface area contributed by atoms with E-state index in [9.17, 15) is 8.42 Å². The number of hydrogen-bond acceptors (Lipinski definition) is 4. The first-order valence-electron chi connectivity index (χ1n) is 5.81. The summed E-state index contributed by atoms with van der Waals surface area (Å²) in [7, 11) is -3.44. The number of benzene rings is 1. The molecule has 1 fully saturated rings. The van der Waals surface area contributed by atoms with Crippen molar-refractivity contribution in [3.8, 4) is 0 Å². The fourth-order valence-corrected chi connectivity index (χ4v) is 4.16. The van der Waals surface area contributed by atoms with E-state index >= 15 is 0 Å². The zero-order chi connectivity index (χ0) is 13.2. The number of rotatable bonds is 4. The van der Waals surface area contributed by atoms with Gasteiger partial charge in [-0.05, 0) is 18.6 Å². The van der Waals surface area contributed by atoms with Gasteiger partial charge in [-0.3, -0.25) is 0 Å². The molecule has 2 atom stereocenters. The van der Waals surface area contributed by atoms with Crippen molar-refractivity contribution in [2.45, 2.75) is 17.4 Å². The number of nitrogens with two attached hydrogens (primary N) is 1. The molecule has 0 spiro atoms. The predicted octanol–water partition coefficient (Wildman–Crippen LogP) is 1.48. The van der Waals surface area contributed by atoms with E-state index in [0.29, 0.717) is 13.2 Å². The molecule has 6 heteroatoms. The summed E-state index contributed by atoms with van der Waals surface area (Å²) in [4.78, 5) is 0.154. The molecule has 2 unspecified atom stereocenters. The van der Waals surface area contributed by atoms with Crippen LogP contribution in [0.2, 0.25) is 5.02 Å². The lowest BCUT2D eigenvalue weighted by molar-refractivity contribution is 0.182. The van der Waals surface area contributed by atoms with Gasteiger partial charge in [0.15, 0.2) is 9.84 Å². The van der Waals surface area contributed by atoms with Gasteiger partial charge in [0.25, 0.3) is 0 Å². The minimum atomic E-state index is -3.44. The van der Waals surface area contributed by atoms with Crippen molar-refractivity contribution >= 4 is 21.4 Å². The van der Waals surface area contributed by atoms with E-state index in [1.165, 1.54) is 6.07 Å².